The van der Waals surface area contributed by atoms with Gasteiger partial charge in [-0.15, -0.1) is 0 Å². The van der Waals surface area contributed by atoms with E-state index in [1.54, 1.807) is 0 Å². The van der Waals surface area contributed by atoms with Crippen LogP contribution in [0, 0.1) is 6.92 Å². The molecule has 0 aliphatic heterocycles. The van der Waals surface area contributed by atoms with E-state index >= 15 is 0 Å². The molecule has 0 saturated heterocycles. The lowest BCUT2D eigenvalue weighted by Crippen LogP contribution is -2.11. The van der Waals surface area contributed by atoms with Crippen molar-refractivity contribution in [3.63, 3.8) is 0 Å². The second kappa shape index (κ2) is 5.04. The second-order valence-corrected chi connectivity index (χ2v) is 4.22. The number of hydrogen-bond donors (Lipinski definition) is 1. The van der Waals surface area contributed by atoms with Crippen LogP contribution in [0.3, 0.4) is 0 Å². The molecule has 0 fully saturated rings. The molecule has 0 saturated carbocycles. The lowest BCUT2D eigenvalue weighted by Gasteiger charge is -2.20. The highest BCUT2D eigenvalue weighted by Gasteiger charge is 2.17. The van der Waals surface area contributed by atoms with Crippen LogP contribution in [-0.2, 0) is 5.41 Å². The van der Waals surface area contributed by atoms with E-state index in [1.807, 2.05) is 39.0 Å². The Balaban J connectivity index is 0.000000791. The zero-order chi connectivity index (χ0) is 11.4. The van der Waals surface area contributed by atoms with Gasteiger partial charge in [0.05, 0.1) is 0 Å². The van der Waals surface area contributed by atoms with Crippen LogP contribution in [-0.4, -0.2) is 5.11 Å². The second-order valence-electron chi connectivity index (χ2n) is 4.22. The monoisotopic (exact) mass is 194 g/mol. The summed E-state index contributed by atoms with van der Waals surface area (Å²) in [5, 5.41) is 9.73. The first-order valence-corrected chi connectivity index (χ1v) is 5.22. The Labute approximate surface area is 87.8 Å². The molecule has 0 heterocycles. The van der Waals surface area contributed by atoms with Crippen molar-refractivity contribution < 1.29 is 5.11 Å². The highest BCUT2D eigenvalue weighted by molar-refractivity contribution is 5.43. The Hall–Kier alpha value is -0.980. The molecule has 0 atom stereocenters. The first-order valence-electron chi connectivity index (χ1n) is 5.22. The third-order valence-corrected chi connectivity index (χ3v) is 2.05. The van der Waals surface area contributed by atoms with Crippen molar-refractivity contribution in [1.29, 1.82) is 0 Å². The molecule has 1 aromatic rings. The molecule has 1 rings (SSSR count). The van der Waals surface area contributed by atoms with Crippen molar-refractivity contribution in [3.8, 4) is 5.75 Å². The Kier molecular flexibility index (Phi) is 4.69. The van der Waals surface area contributed by atoms with Crippen molar-refractivity contribution in [2.45, 2.75) is 47.0 Å². The molecule has 1 nitrogen and oxygen atoms in total. The quantitative estimate of drug-likeness (QED) is 0.661. The summed E-state index contributed by atoms with van der Waals surface area (Å²) in [6, 6.07) is 5.88. The molecule has 1 aromatic carbocycles. The fourth-order valence-electron chi connectivity index (χ4n) is 1.26. The summed E-state index contributed by atoms with van der Waals surface area (Å²) in [6.45, 7) is 12.2. The fraction of sp³-hybridized carbons (Fsp3) is 0.538. The highest BCUT2D eigenvalue weighted by atomic mass is 16.3. The first kappa shape index (κ1) is 13.0. The molecule has 0 aliphatic rings. The Morgan fingerprint density at radius 2 is 1.57 bits per heavy atom. The molecule has 0 spiro atoms. The van der Waals surface area contributed by atoms with Gasteiger partial charge in [-0.25, -0.2) is 0 Å². The van der Waals surface area contributed by atoms with Gasteiger partial charge in [0.15, 0.2) is 0 Å². The van der Waals surface area contributed by atoms with Crippen molar-refractivity contribution in [1.82, 2.24) is 0 Å². The summed E-state index contributed by atoms with van der Waals surface area (Å²) in [7, 11) is 0. The summed E-state index contributed by atoms with van der Waals surface area (Å²) in [4.78, 5) is 0. The number of phenols is 1. The molecule has 0 unspecified atom stereocenters. The predicted molar refractivity (Wildman–Crippen MR) is 62.9 cm³/mol. The summed E-state index contributed by atoms with van der Waals surface area (Å²) >= 11 is 0. The first-order chi connectivity index (χ1) is 6.43. The maximum absolute atomic E-state index is 9.73. The molecule has 0 amide bonds. The average molecular weight is 194 g/mol. The number of aromatic hydroxyl groups is 1. The van der Waals surface area contributed by atoms with Crippen LogP contribution in [0.5, 0.6) is 5.75 Å². The van der Waals surface area contributed by atoms with Gasteiger partial charge in [0.2, 0.25) is 0 Å². The largest absolute Gasteiger partial charge is 0.507 e. The third-order valence-electron chi connectivity index (χ3n) is 2.05. The minimum absolute atomic E-state index is 0.0239. The maximum atomic E-state index is 9.73. The van der Waals surface area contributed by atoms with Crippen LogP contribution in [0.2, 0.25) is 0 Å². The lowest BCUT2D eigenvalue weighted by atomic mass is 9.85. The summed E-state index contributed by atoms with van der Waals surface area (Å²) in [6.07, 6.45) is 0. The molecule has 0 bridgehead atoms. The predicted octanol–water partition coefficient (Wildman–Crippen LogP) is 4.02. The minimum atomic E-state index is 0.0239. The highest BCUT2D eigenvalue weighted by Crippen LogP contribution is 2.32. The summed E-state index contributed by atoms with van der Waals surface area (Å²) < 4.78 is 0. The van der Waals surface area contributed by atoms with Gasteiger partial charge in [-0.2, -0.15) is 0 Å². The van der Waals surface area contributed by atoms with E-state index in [9.17, 15) is 5.11 Å². The van der Waals surface area contributed by atoms with Crippen molar-refractivity contribution in [3.05, 3.63) is 29.3 Å². The number of benzene rings is 1. The Morgan fingerprint density at radius 1 is 1.07 bits per heavy atom. The van der Waals surface area contributed by atoms with Crippen LogP contribution in [0.1, 0.15) is 45.7 Å². The Morgan fingerprint density at radius 3 is 1.93 bits per heavy atom. The molecule has 1 N–H and O–H groups in total. The maximum Gasteiger partial charge on any atom is 0.122 e. The molecular weight excluding hydrogens is 172 g/mol. The van der Waals surface area contributed by atoms with Crippen LogP contribution < -0.4 is 0 Å². The van der Waals surface area contributed by atoms with Gasteiger partial charge in [0.25, 0.3) is 0 Å². The van der Waals surface area contributed by atoms with Crippen molar-refractivity contribution in [2.24, 2.45) is 0 Å². The van der Waals surface area contributed by atoms with Crippen molar-refractivity contribution >= 4 is 0 Å². The Bertz CT molecular complexity index is 282. The molecule has 14 heavy (non-hydrogen) atoms. The summed E-state index contributed by atoms with van der Waals surface area (Å²) in [5.41, 5.74) is 1.99. The molecule has 80 valence electrons. The molecule has 1 heteroatoms. The number of hydrogen-bond acceptors (Lipinski definition) is 1. The van der Waals surface area contributed by atoms with E-state index < -0.39 is 0 Å². The van der Waals surface area contributed by atoms with E-state index in [-0.39, 0.29) is 5.41 Å². The van der Waals surface area contributed by atoms with E-state index in [4.69, 9.17) is 0 Å². The number of aryl methyl sites for hydroxylation is 1. The van der Waals surface area contributed by atoms with Crippen molar-refractivity contribution in [2.75, 3.05) is 0 Å². The summed E-state index contributed by atoms with van der Waals surface area (Å²) in [5.74, 6) is 0.435. The standard InChI is InChI=1S/C11H16O.C2H6/c1-8-6-5-7-9(10(8)12)11(2,3)4;1-2/h5-7,12H,1-4H3;1-2H3. The zero-order valence-electron chi connectivity index (χ0n) is 10.2. The topological polar surface area (TPSA) is 20.2 Å². The van der Waals surface area contributed by atoms with Gasteiger partial charge < -0.3 is 5.11 Å². The van der Waals surface area contributed by atoms with E-state index in [0.29, 0.717) is 5.75 Å². The lowest BCUT2D eigenvalue weighted by molar-refractivity contribution is 0.443. The van der Waals surface area contributed by atoms with Gasteiger partial charge >= 0.3 is 0 Å². The van der Waals surface area contributed by atoms with Gasteiger partial charge in [-0.1, -0.05) is 52.8 Å². The van der Waals surface area contributed by atoms with Gasteiger partial charge in [-0.05, 0) is 23.5 Å². The number of rotatable bonds is 0. The molecule has 0 aromatic heterocycles. The van der Waals surface area contributed by atoms with Crippen LogP contribution in [0.25, 0.3) is 0 Å². The SMILES string of the molecule is CC.Cc1cccc(C(C)(C)C)c1O. The zero-order valence-corrected chi connectivity index (χ0v) is 10.2. The number of para-hydroxylation sites is 1. The molecular formula is C13H22O. The normalized spacial score (nSPS) is 10.4. The van der Waals surface area contributed by atoms with Gasteiger partial charge in [-0.3, -0.25) is 0 Å². The van der Waals surface area contributed by atoms with E-state index in [2.05, 4.69) is 20.8 Å². The fourth-order valence-corrected chi connectivity index (χ4v) is 1.26. The van der Waals surface area contributed by atoms with E-state index in [0.717, 1.165) is 11.1 Å². The van der Waals surface area contributed by atoms with Gasteiger partial charge in [0.1, 0.15) is 5.75 Å². The van der Waals surface area contributed by atoms with Crippen LogP contribution >= 0.6 is 0 Å². The van der Waals surface area contributed by atoms with Gasteiger partial charge in [0, 0.05) is 0 Å². The van der Waals surface area contributed by atoms with Crippen LogP contribution in [0.15, 0.2) is 18.2 Å². The smallest absolute Gasteiger partial charge is 0.122 e. The van der Waals surface area contributed by atoms with E-state index in [1.165, 1.54) is 0 Å². The third kappa shape index (κ3) is 3.06. The van der Waals surface area contributed by atoms with Crippen LogP contribution in [0.4, 0.5) is 0 Å². The minimum Gasteiger partial charge on any atom is -0.507 e. The number of phenolic OH excluding ortho intramolecular Hbond substituents is 1. The molecule has 0 aliphatic carbocycles. The average Bonchev–Trinajstić information content (AvgIpc) is 2.11. The molecule has 0 radical (unpaired) electrons.